The van der Waals surface area contributed by atoms with E-state index in [0.717, 1.165) is 25.9 Å². The third-order valence-corrected chi connectivity index (χ3v) is 3.79. The number of rotatable bonds is 8. The van der Waals surface area contributed by atoms with E-state index in [4.69, 9.17) is 14.6 Å². The number of carboxylic acid groups (broad SMARTS) is 1. The summed E-state index contributed by atoms with van der Waals surface area (Å²) < 4.78 is 11.0. The molecule has 1 aliphatic carbocycles. The zero-order valence-electron chi connectivity index (χ0n) is 11.9. The molecule has 1 saturated heterocycles. The zero-order valence-corrected chi connectivity index (χ0v) is 11.9. The van der Waals surface area contributed by atoms with Crippen LogP contribution in [-0.2, 0) is 19.1 Å². The van der Waals surface area contributed by atoms with E-state index < -0.39 is 5.97 Å². The molecule has 6 heteroatoms. The first-order valence-electron chi connectivity index (χ1n) is 7.35. The maximum atomic E-state index is 12.4. The van der Waals surface area contributed by atoms with Crippen molar-refractivity contribution in [3.8, 4) is 0 Å². The van der Waals surface area contributed by atoms with Crippen LogP contribution in [0.3, 0.4) is 0 Å². The number of hydrogen-bond acceptors (Lipinski definition) is 4. The summed E-state index contributed by atoms with van der Waals surface area (Å²) in [4.78, 5) is 24.8. The van der Waals surface area contributed by atoms with Gasteiger partial charge in [0.1, 0.15) is 0 Å². The van der Waals surface area contributed by atoms with Crippen LogP contribution in [0.25, 0.3) is 0 Å². The minimum absolute atomic E-state index is 0.0141. The Balaban J connectivity index is 1.87. The van der Waals surface area contributed by atoms with E-state index in [2.05, 4.69) is 0 Å². The molecule has 2 rings (SSSR count). The van der Waals surface area contributed by atoms with Crippen LogP contribution in [0, 0.1) is 5.92 Å². The number of ether oxygens (including phenoxy) is 2. The van der Waals surface area contributed by atoms with Crippen molar-refractivity contribution < 1.29 is 24.2 Å². The second kappa shape index (κ2) is 7.04. The molecule has 0 radical (unpaired) electrons. The Morgan fingerprint density at radius 2 is 2.25 bits per heavy atom. The molecule has 2 fully saturated rings. The van der Waals surface area contributed by atoms with Crippen molar-refractivity contribution in [2.75, 3.05) is 26.3 Å². The average Bonchev–Trinajstić information content (AvgIpc) is 2.98. The molecule has 114 valence electrons. The zero-order chi connectivity index (χ0) is 14.5. The van der Waals surface area contributed by atoms with E-state index in [1.807, 2.05) is 6.92 Å². The van der Waals surface area contributed by atoms with Crippen LogP contribution in [0.15, 0.2) is 0 Å². The van der Waals surface area contributed by atoms with Crippen molar-refractivity contribution in [3.63, 3.8) is 0 Å². The van der Waals surface area contributed by atoms with Crippen molar-refractivity contribution in [2.45, 2.75) is 44.8 Å². The van der Waals surface area contributed by atoms with E-state index in [0.29, 0.717) is 13.2 Å². The van der Waals surface area contributed by atoms with Crippen LogP contribution in [0.4, 0.5) is 0 Å². The number of nitrogens with zero attached hydrogens (tertiary/aromatic N) is 1. The molecule has 0 bridgehead atoms. The summed E-state index contributed by atoms with van der Waals surface area (Å²) in [6.45, 7) is 4.01. The molecule has 3 atom stereocenters. The molecule has 1 heterocycles. The molecule has 0 aromatic rings. The van der Waals surface area contributed by atoms with Crippen LogP contribution in [0.5, 0.6) is 0 Å². The van der Waals surface area contributed by atoms with Gasteiger partial charge >= 0.3 is 5.97 Å². The Kier molecular flexibility index (Phi) is 5.37. The molecule has 0 spiro atoms. The second-order valence-corrected chi connectivity index (χ2v) is 5.40. The van der Waals surface area contributed by atoms with E-state index >= 15 is 0 Å². The van der Waals surface area contributed by atoms with Gasteiger partial charge in [0.05, 0.1) is 24.5 Å². The SMILES string of the molecule is CCOC1CC1C(=O)N(CCC(=O)O)CC1CCCO1. The van der Waals surface area contributed by atoms with Gasteiger partial charge in [-0.15, -0.1) is 0 Å². The quantitative estimate of drug-likeness (QED) is 0.717. The summed E-state index contributed by atoms with van der Waals surface area (Å²) in [5.41, 5.74) is 0. The molecule has 1 amide bonds. The fourth-order valence-corrected chi connectivity index (χ4v) is 2.62. The van der Waals surface area contributed by atoms with Crippen LogP contribution >= 0.6 is 0 Å². The largest absolute Gasteiger partial charge is 0.481 e. The lowest BCUT2D eigenvalue weighted by atomic mass is 10.2. The van der Waals surface area contributed by atoms with E-state index in [-0.39, 0.29) is 37.0 Å². The first-order valence-corrected chi connectivity index (χ1v) is 7.35. The minimum atomic E-state index is -0.882. The minimum Gasteiger partial charge on any atom is -0.481 e. The summed E-state index contributed by atoms with van der Waals surface area (Å²) in [7, 11) is 0. The number of carbonyl (C=O) groups excluding carboxylic acids is 1. The molecule has 0 aromatic carbocycles. The second-order valence-electron chi connectivity index (χ2n) is 5.40. The summed E-state index contributed by atoms with van der Waals surface area (Å²) in [6, 6.07) is 0. The first kappa shape index (κ1) is 15.3. The van der Waals surface area contributed by atoms with Gasteiger partial charge in [0.2, 0.25) is 5.91 Å². The summed E-state index contributed by atoms with van der Waals surface area (Å²) >= 11 is 0. The Morgan fingerprint density at radius 1 is 1.45 bits per heavy atom. The van der Waals surface area contributed by atoms with E-state index in [1.165, 1.54) is 0 Å². The normalized spacial score (nSPS) is 28.4. The molecule has 1 N–H and O–H groups in total. The number of aliphatic carboxylic acids is 1. The van der Waals surface area contributed by atoms with Crippen LogP contribution in [0.1, 0.15) is 32.6 Å². The lowest BCUT2D eigenvalue weighted by molar-refractivity contribution is -0.139. The number of amides is 1. The molecule has 0 aromatic heterocycles. The number of hydrogen-bond donors (Lipinski definition) is 1. The van der Waals surface area contributed by atoms with Gasteiger partial charge in [-0.2, -0.15) is 0 Å². The molecule has 2 aliphatic rings. The maximum Gasteiger partial charge on any atom is 0.305 e. The molecular weight excluding hydrogens is 262 g/mol. The van der Waals surface area contributed by atoms with Crippen LogP contribution < -0.4 is 0 Å². The predicted octanol–water partition coefficient (Wildman–Crippen LogP) is 0.894. The summed E-state index contributed by atoms with van der Waals surface area (Å²) in [5.74, 6) is -0.961. The van der Waals surface area contributed by atoms with E-state index in [1.54, 1.807) is 4.90 Å². The van der Waals surface area contributed by atoms with Gasteiger partial charge in [0.25, 0.3) is 0 Å². The van der Waals surface area contributed by atoms with Crippen molar-refractivity contribution >= 4 is 11.9 Å². The van der Waals surface area contributed by atoms with E-state index in [9.17, 15) is 9.59 Å². The molecule has 6 nitrogen and oxygen atoms in total. The Bertz CT molecular complexity index is 353. The average molecular weight is 285 g/mol. The van der Waals surface area contributed by atoms with Crippen molar-refractivity contribution in [1.29, 1.82) is 0 Å². The molecule has 3 unspecified atom stereocenters. The molecule has 20 heavy (non-hydrogen) atoms. The first-order chi connectivity index (χ1) is 9.61. The third kappa shape index (κ3) is 4.18. The van der Waals surface area contributed by atoms with Crippen LogP contribution in [-0.4, -0.2) is 60.4 Å². The highest BCUT2D eigenvalue weighted by molar-refractivity contribution is 5.82. The fourth-order valence-electron chi connectivity index (χ4n) is 2.62. The third-order valence-electron chi connectivity index (χ3n) is 3.79. The smallest absolute Gasteiger partial charge is 0.305 e. The molecule has 1 aliphatic heterocycles. The van der Waals surface area contributed by atoms with Crippen LogP contribution in [0.2, 0.25) is 0 Å². The molecule has 1 saturated carbocycles. The van der Waals surface area contributed by atoms with Gasteiger partial charge in [-0.25, -0.2) is 0 Å². The molecular formula is C14H23NO5. The Hall–Kier alpha value is -1.14. The standard InChI is InChI=1S/C14H23NO5/c1-2-19-12-8-11(12)14(18)15(6-5-13(16)17)9-10-4-3-7-20-10/h10-12H,2-9H2,1H3,(H,16,17). The highest BCUT2D eigenvalue weighted by Gasteiger charge is 2.46. The highest BCUT2D eigenvalue weighted by Crippen LogP contribution is 2.35. The lowest BCUT2D eigenvalue weighted by Gasteiger charge is -2.25. The lowest BCUT2D eigenvalue weighted by Crippen LogP contribution is -2.40. The highest BCUT2D eigenvalue weighted by atomic mass is 16.5. The maximum absolute atomic E-state index is 12.4. The van der Waals surface area contributed by atoms with Gasteiger partial charge in [-0.1, -0.05) is 0 Å². The monoisotopic (exact) mass is 285 g/mol. The number of carboxylic acids is 1. The fraction of sp³-hybridized carbons (Fsp3) is 0.857. The van der Waals surface area contributed by atoms with Gasteiger partial charge in [-0.05, 0) is 26.2 Å². The van der Waals surface area contributed by atoms with Crippen molar-refractivity contribution in [2.24, 2.45) is 5.92 Å². The Labute approximate surface area is 119 Å². The van der Waals surface area contributed by atoms with Crippen molar-refractivity contribution in [1.82, 2.24) is 4.90 Å². The predicted molar refractivity (Wildman–Crippen MR) is 71.3 cm³/mol. The number of carbonyl (C=O) groups is 2. The Morgan fingerprint density at radius 3 is 2.85 bits per heavy atom. The van der Waals surface area contributed by atoms with Gasteiger partial charge in [-0.3, -0.25) is 9.59 Å². The van der Waals surface area contributed by atoms with Gasteiger partial charge in [0.15, 0.2) is 0 Å². The summed E-state index contributed by atoms with van der Waals surface area (Å²) in [6.07, 6.45) is 2.75. The van der Waals surface area contributed by atoms with Gasteiger partial charge in [0, 0.05) is 26.3 Å². The van der Waals surface area contributed by atoms with Crippen molar-refractivity contribution in [3.05, 3.63) is 0 Å². The summed E-state index contributed by atoms with van der Waals surface area (Å²) in [5, 5.41) is 8.80. The van der Waals surface area contributed by atoms with Gasteiger partial charge < -0.3 is 19.5 Å². The topological polar surface area (TPSA) is 76.1 Å².